The van der Waals surface area contributed by atoms with Gasteiger partial charge in [0.25, 0.3) is 0 Å². The normalized spacial score (nSPS) is 20.0. The summed E-state index contributed by atoms with van der Waals surface area (Å²) in [5.41, 5.74) is 5.90. The lowest BCUT2D eigenvalue weighted by molar-refractivity contribution is -0.136. The topological polar surface area (TPSA) is 57.2 Å². The number of methoxy groups -OCH3 is 1. The molecule has 0 aliphatic carbocycles. The molecule has 3 aromatic rings. The summed E-state index contributed by atoms with van der Waals surface area (Å²) in [6.45, 7) is 2.69. The predicted molar refractivity (Wildman–Crippen MR) is 127 cm³/mol. The van der Waals surface area contributed by atoms with Crippen LogP contribution >= 0.6 is 0 Å². The van der Waals surface area contributed by atoms with E-state index < -0.39 is 0 Å². The lowest BCUT2D eigenvalue weighted by Crippen LogP contribution is -2.33. The Labute approximate surface area is 198 Å². The largest absolute Gasteiger partial charge is 0.492 e. The molecule has 0 bridgehead atoms. The molecule has 0 saturated carbocycles. The van der Waals surface area contributed by atoms with Gasteiger partial charge in [-0.05, 0) is 30.7 Å². The Hall–Kier alpha value is -3.93. The monoisotopic (exact) mass is 455 g/mol. The number of fused-ring (bicyclic) bond motifs is 4. The van der Waals surface area contributed by atoms with Crippen molar-refractivity contribution in [1.82, 2.24) is 0 Å². The van der Waals surface area contributed by atoms with Gasteiger partial charge in [0.15, 0.2) is 11.5 Å². The maximum Gasteiger partial charge on any atom is 0.336 e. The van der Waals surface area contributed by atoms with Crippen molar-refractivity contribution in [3.63, 3.8) is 0 Å². The van der Waals surface area contributed by atoms with Gasteiger partial charge in [-0.15, -0.1) is 0 Å². The first-order valence-electron chi connectivity index (χ1n) is 11.4. The van der Waals surface area contributed by atoms with Crippen LogP contribution in [0.1, 0.15) is 22.7 Å². The molecule has 0 fully saturated rings. The molecular weight excluding hydrogens is 430 g/mol. The van der Waals surface area contributed by atoms with Crippen molar-refractivity contribution in [2.75, 3.05) is 25.4 Å². The molecule has 6 rings (SSSR count). The maximum atomic E-state index is 13.2. The maximum absolute atomic E-state index is 13.2. The number of allylic oxidation sites excluding steroid dienone is 1. The van der Waals surface area contributed by atoms with Gasteiger partial charge in [-0.2, -0.15) is 0 Å². The van der Waals surface area contributed by atoms with Crippen molar-refractivity contribution >= 4 is 11.7 Å². The first-order chi connectivity index (χ1) is 16.6. The van der Waals surface area contributed by atoms with Gasteiger partial charge in [0, 0.05) is 29.4 Å². The highest BCUT2D eigenvalue weighted by Gasteiger charge is 2.48. The van der Waals surface area contributed by atoms with Crippen LogP contribution in [0.4, 0.5) is 5.69 Å². The van der Waals surface area contributed by atoms with Crippen LogP contribution in [0.25, 0.3) is 0 Å². The van der Waals surface area contributed by atoms with Crippen molar-refractivity contribution in [1.29, 1.82) is 0 Å². The van der Waals surface area contributed by atoms with E-state index in [0.717, 1.165) is 34.0 Å². The van der Waals surface area contributed by atoms with Crippen molar-refractivity contribution in [2.24, 2.45) is 5.92 Å². The smallest absolute Gasteiger partial charge is 0.336 e. The van der Waals surface area contributed by atoms with Crippen molar-refractivity contribution < 1.29 is 23.7 Å². The number of hydrogen-bond donors (Lipinski definition) is 0. The van der Waals surface area contributed by atoms with Crippen LogP contribution in [0.3, 0.4) is 0 Å². The number of carbonyl (C=O) groups is 1. The first kappa shape index (κ1) is 20.7. The van der Waals surface area contributed by atoms with E-state index in [2.05, 4.69) is 42.2 Å². The third-order valence-electron chi connectivity index (χ3n) is 6.82. The predicted octanol–water partition coefficient (Wildman–Crippen LogP) is 4.96. The van der Waals surface area contributed by atoms with Gasteiger partial charge < -0.3 is 23.8 Å². The van der Waals surface area contributed by atoms with Gasteiger partial charge >= 0.3 is 5.97 Å². The molecule has 2 atom stereocenters. The van der Waals surface area contributed by atoms with E-state index >= 15 is 0 Å². The van der Waals surface area contributed by atoms with Crippen LogP contribution in [0.2, 0.25) is 0 Å². The molecule has 3 aliphatic rings. The second-order valence-corrected chi connectivity index (χ2v) is 8.82. The van der Waals surface area contributed by atoms with Gasteiger partial charge in [0.1, 0.15) is 5.75 Å². The SMILES string of the molecule is COC(=O)C1=C(Cc2ccc(C)cc2)N(c2ccc3c(c2)OCO3)[C@H]2c3ccccc3OC[C@@H]12. The number of esters is 1. The fourth-order valence-electron chi connectivity index (χ4n) is 5.23. The highest BCUT2D eigenvalue weighted by Crippen LogP contribution is 2.53. The average Bonchev–Trinajstić information content (AvgIpc) is 3.46. The second kappa shape index (κ2) is 8.13. The van der Waals surface area contributed by atoms with E-state index in [1.165, 1.54) is 12.7 Å². The molecule has 172 valence electrons. The van der Waals surface area contributed by atoms with Gasteiger partial charge in [0.05, 0.1) is 31.2 Å². The van der Waals surface area contributed by atoms with E-state index in [1.807, 2.05) is 36.4 Å². The number of ether oxygens (including phenoxy) is 4. The van der Waals surface area contributed by atoms with E-state index in [-0.39, 0.29) is 24.7 Å². The number of anilines is 1. The number of benzene rings is 3. The molecule has 0 radical (unpaired) electrons. The van der Waals surface area contributed by atoms with Crippen LogP contribution < -0.4 is 19.1 Å². The molecule has 0 N–H and O–H groups in total. The number of carbonyl (C=O) groups excluding carboxylic acids is 1. The zero-order valence-electron chi connectivity index (χ0n) is 19.1. The number of hydrogen-bond acceptors (Lipinski definition) is 6. The van der Waals surface area contributed by atoms with E-state index in [0.29, 0.717) is 24.4 Å². The van der Waals surface area contributed by atoms with Crippen LogP contribution in [0.15, 0.2) is 78.0 Å². The molecule has 0 amide bonds. The lowest BCUT2D eigenvalue weighted by atomic mass is 9.87. The van der Waals surface area contributed by atoms with E-state index in [9.17, 15) is 4.79 Å². The Bertz CT molecular complexity index is 1300. The third-order valence-corrected chi connectivity index (χ3v) is 6.82. The van der Waals surface area contributed by atoms with Crippen LogP contribution in [-0.4, -0.2) is 26.5 Å². The number of rotatable bonds is 4. The summed E-state index contributed by atoms with van der Waals surface area (Å²) < 4.78 is 22.6. The minimum absolute atomic E-state index is 0.0973. The first-order valence-corrected chi connectivity index (χ1v) is 11.4. The molecule has 0 spiro atoms. The zero-order chi connectivity index (χ0) is 23.2. The van der Waals surface area contributed by atoms with Crippen molar-refractivity contribution in [3.8, 4) is 17.2 Å². The summed E-state index contributed by atoms with van der Waals surface area (Å²) in [7, 11) is 1.44. The molecule has 6 nitrogen and oxygen atoms in total. The Morgan fingerprint density at radius 1 is 0.971 bits per heavy atom. The number of para-hydroxylation sites is 1. The zero-order valence-corrected chi connectivity index (χ0v) is 19.1. The molecule has 0 saturated heterocycles. The summed E-state index contributed by atoms with van der Waals surface area (Å²) in [6.07, 6.45) is 0.592. The minimum atomic E-state index is -0.316. The molecule has 0 aromatic heterocycles. The fraction of sp³-hybridized carbons (Fsp3) is 0.250. The Balaban J connectivity index is 1.54. The molecular formula is C28H25NO5. The van der Waals surface area contributed by atoms with E-state index in [4.69, 9.17) is 18.9 Å². The minimum Gasteiger partial charge on any atom is -0.492 e. The number of aryl methyl sites for hydroxylation is 1. The summed E-state index contributed by atoms with van der Waals surface area (Å²) >= 11 is 0. The molecule has 34 heavy (non-hydrogen) atoms. The van der Waals surface area contributed by atoms with Crippen LogP contribution in [0.5, 0.6) is 17.2 Å². The molecule has 6 heteroatoms. The van der Waals surface area contributed by atoms with Crippen LogP contribution in [0, 0.1) is 12.8 Å². The van der Waals surface area contributed by atoms with Crippen molar-refractivity contribution in [3.05, 3.63) is 94.7 Å². The molecule has 3 aliphatic heterocycles. The summed E-state index contributed by atoms with van der Waals surface area (Å²) in [4.78, 5) is 15.5. The van der Waals surface area contributed by atoms with Gasteiger partial charge in [-0.1, -0.05) is 48.0 Å². The Kier molecular flexibility index (Phi) is 4.94. The fourth-order valence-corrected chi connectivity index (χ4v) is 5.23. The molecule has 3 aromatic carbocycles. The average molecular weight is 456 g/mol. The van der Waals surface area contributed by atoms with Crippen molar-refractivity contribution in [2.45, 2.75) is 19.4 Å². The Morgan fingerprint density at radius 2 is 1.76 bits per heavy atom. The number of nitrogens with zero attached hydrogens (tertiary/aromatic N) is 1. The highest BCUT2D eigenvalue weighted by molar-refractivity contribution is 5.93. The molecule has 0 unspecified atom stereocenters. The van der Waals surface area contributed by atoms with Gasteiger partial charge in [-0.25, -0.2) is 4.79 Å². The summed E-state index contributed by atoms with van der Waals surface area (Å²) in [6, 6.07) is 22.3. The van der Waals surface area contributed by atoms with Gasteiger partial charge in [0.2, 0.25) is 6.79 Å². The van der Waals surface area contributed by atoms with Gasteiger partial charge in [-0.3, -0.25) is 0 Å². The Morgan fingerprint density at radius 3 is 2.59 bits per heavy atom. The lowest BCUT2D eigenvalue weighted by Gasteiger charge is -2.36. The summed E-state index contributed by atoms with van der Waals surface area (Å²) in [5.74, 6) is 1.80. The van der Waals surface area contributed by atoms with E-state index in [1.54, 1.807) is 0 Å². The third kappa shape index (κ3) is 3.29. The highest BCUT2D eigenvalue weighted by atomic mass is 16.7. The van der Waals surface area contributed by atoms with Crippen LogP contribution in [-0.2, 0) is 16.0 Å². The molecule has 3 heterocycles. The standard InChI is InChI=1S/C28H25NO5/c1-17-7-9-18(10-8-17)13-22-26(28(30)31-2)21-15-32-23-6-4-3-5-20(23)27(21)29(22)19-11-12-24-25(14-19)34-16-33-24/h3-12,14,21,27H,13,15-16H2,1-2H3/t21-,27-/m0/s1. The second-order valence-electron chi connectivity index (χ2n) is 8.82. The summed E-state index contributed by atoms with van der Waals surface area (Å²) in [5, 5.41) is 0. The quantitative estimate of drug-likeness (QED) is 0.518.